The van der Waals surface area contributed by atoms with E-state index < -0.39 is 84.8 Å². The number of allylic oxidation sites excluding steroid dienone is 6. The van der Waals surface area contributed by atoms with Gasteiger partial charge in [-0.1, -0.05) is 77.0 Å². The molecule has 0 radical (unpaired) electrons. The number of esters is 1. The highest BCUT2D eigenvalue weighted by molar-refractivity contribution is 8.19. The number of carbonyl (C=O) groups is 5. The van der Waals surface area contributed by atoms with Gasteiger partial charge in [0, 0.05) is 58.0 Å². The van der Waals surface area contributed by atoms with E-state index in [1.807, 2.05) is 64.7 Å². The van der Waals surface area contributed by atoms with Crippen LogP contribution in [0.4, 0.5) is 0 Å². The van der Waals surface area contributed by atoms with Gasteiger partial charge >= 0.3 is 5.97 Å². The van der Waals surface area contributed by atoms with Gasteiger partial charge in [0.25, 0.3) is 19.1 Å². The first-order valence-electron chi connectivity index (χ1n) is 25.5. The second-order valence-corrected chi connectivity index (χ2v) is 25.8. The van der Waals surface area contributed by atoms with Crippen molar-refractivity contribution in [2.24, 2.45) is 41.4 Å². The van der Waals surface area contributed by atoms with Crippen LogP contribution in [-0.2, 0) is 52.0 Å². The van der Waals surface area contributed by atoms with Crippen LogP contribution < -0.4 is 0 Å². The van der Waals surface area contributed by atoms with Gasteiger partial charge in [0.15, 0.2) is 5.78 Å². The average Bonchev–Trinajstić information content (AvgIpc) is 3.31. The maximum atomic E-state index is 14.3. The molecule has 70 heavy (non-hydrogen) atoms. The van der Waals surface area contributed by atoms with E-state index in [2.05, 4.69) is 8.93 Å². The van der Waals surface area contributed by atoms with Crippen molar-refractivity contribution in [1.82, 2.24) is 4.90 Å². The predicted octanol–water partition coefficient (Wildman–Crippen LogP) is 7.71. The van der Waals surface area contributed by atoms with Crippen molar-refractivity contribution in [3.05, 3.63) is 47.6 Å². The molecule has 15 nitrogen and oxygen atoms in total. The molecule has 3 N–H and O–H groups in total. The van der Waals surface area contributed by atoms with E-state index >= 15 is 0 Å². The molecular formula is C53H86NO14P2+. The van der Waals surface area contributed by atoms with Gasteiger partial charge in [-0.05, 0) is 107 Å². The molecule has 1 aliphatic carbocycles. The normalized spacial score (nSPS) is 38.6. The van der Waals surface area contributed by atoms with Crippen LogP contribution >= 0.6 is 16.3 Å². The molecule has 4 rings (SSSR count). The van der Waals surface area contributed by atoms with E-state index in [1.165, 1.54) is 14.0 Å². The quantitative estimate of drug-likeness (QED) is 0.0666. The second-order valence-electron chi connectivity index (χ2n) is 20.7. The zero-order chi connectivity index (χ0) is 52.1. The topological polar surface area (TPSA) is 205 Å². The van der Waals surface area contributed by atoms with Crippen molar-refractivity contribution in [3.63, 3.8) is 0 Å². The van der Waals surface area contributed by atoms with Gasteiger partial charge < -0.3 is 39.2 Å². The number of hydrogen-bond acceptors (Lipinski definition) is 14. The Morgan fingerprint density at radius 3 is 2.21 bits per heavy atom. The largest absolute Gasteiger partial charge is 0.460 e. The van der Waals surface area contributed by atoms with Crippen molar-refractivity contribution in [3.8, 4) is 0 Å². The number of rotatable bonds is 9. The zero-order valence-corrected chi connectivity index (χ0v) is 45.8. The van der Waals surface area contributed by atoms with Crippen LogP contribution in [0.2, 0.25) is 0 Å². The Bertz CT molecular complexity index is 1900. The molecule has 16 atom stereocenters. The summed E-state index contributed by atoms with van der Waals surface area (Å²) in [7, 11) is 5.20. The fourth-order valence-corrected chi connectivity index (χ4v) is 13.4. The molecule has 9 unspecified atom stereocenters. The first-order valence-corrected chi connectivity index (χ1v) is 29.2. The number of methoxy groups -OCH3 is 3. The molecule has 0 aromatic heterocycles. The minimum Gasteiger partial charge on any atom is -0.460 e. The van der Waals surface area contributed by atoms with Gasteiger partial charge in [0.2, 0.25) is 5.79 Å². The number of aliphatic hydroxyl groups is 3. The van der Waals surface area contributed by atoms with Crippen LogP contribution in [0.5, 0.6) is 0 Å². The van der Waals surface area contributed by atoms with Crippen molar-refractivity contribution < 1.29 is 67.3 Å². The van der Waals surface area contributed by atoms with Gasteiger partial charge in [-0.15, -0.1) is 0 Å². The van der Waals surface area contributed by atoms with Gasteiger partial charge in [-0.3, -0.25) is 19.2 Å². The number of aliphatic hydroxyl groups excluding tert-OH is 1. The summed E-state index contributed by atoms with van der Waals surface area (Å²) in [5.74, 6) is -9.80. The second kappa shape index (κ2) is 27.7. The Hall–Kier alpha value is -2.55. The maximum absolute atomic E-state index is 14.3. The smallest absolute Gasteiger partial charge is 0.329 e. The van der Waals surface area contributed by atoms with E-state index in [0.717, 1.165) is 16.9 Å². The SMILES string of the molecule is CCO[P+](C)(P)O[C@@H]1CCC(C[C@H]2C3CCCN4C(=O)C(=O)C(O)(O)C(C)CCCC[C@H](OC)/C(C)=C/C=C/C=C/[C@@H](C)CC(C)C(=O)[C@H](OC)C(O)/C(C)=C/[C@@H](C)C(=O)C[C@@H]2OC(=O)C34)CC1OC. The molecule has 0 aromatic rings. The number of carbonyl (C=O) groups excluding carboxylic acids is 5. The van der Waals surface area contributed by atoms with Gasteiger partial charge in [-0.2, -0.15) is 4.52 Å². The molecule has 17 heteroatoms. The van der Waals surface area contributed by atoms with E-state index in [9.17, 15) is 39.3 Å². The standard InChI is InChI=1S/C53H86NO14P2/c1-12-66-70(11,69)68-43-25-24-38(30-45(43)64-9)29-40-39-22-18-26-54-46(39)52(60)67-44(40)31-41(55)34(4)28-36(6)48(57)49(65-10)47(56)35(5)27-32(2)19-14-13-15-20-33(3)42(63-8)23-17-16-21-37(7)53(61,62)50(58)51(54)59/h13-15,19-20,28,32,34-35,37-40,42-46,48-49,57,61-62H,12,16-18,21-27,29-31,69H2,1-11H3/q+1/b15-13+,19-14+,33-20+,36-28+/t32-,34-,35?,37?,38?,39?,40+,42+,43-,44+,45?,46?,48?,49+,70?/m1/s1. The summed E-state index contributed by atoms with van der Waals surface area (Å²) < 4.78 is 36.0. The van der Waals surface area contributed by atoms with Crippen molar-refractivity contribution in [2.75, 3.05) is 41.1 Å². The van der Waals surface area contributed by atoms with Crippen LogP contribution in [0.25, 0.3) is 0 Å². The molecule has 3 aliphatic heterocycles. The first-order chi connectivity index (χ1) is 33.0. The monoisotopic (exact) mass is 1020 g/mol. The summed E-state index contributed by atoms with van der Waals surface area (Å²) in [5.41, 5.74) is 1.38. The third-order valence-corrected chi connectivity index (χ3v) is 17.5. The summed E-state index contributed by atoms with van der Waals surface area (Å²) in [6.07, 6.45) is 13.3. The molecule has 0 aromatic carbocycles. The first kappa shape index (κ1) is 60.0. The zero-order valence-electron chi connectivity index (χ0n) is 43.8. The van der Waals surface area contributed by atoms with Crippen LogP contribution in [0.1, 0.15) is 126 Å². The molecule has 396 valence electrons. The molecule has 1 amide bonds. The molecule has 3 heterocycles. The van der Waals surface area contributed by atoms with Crippen LogP contribution in [0.15, 0.2) is 47.6 Å². The fourth-order valence-electron chi connectivity index (χ4n) is 11.1. The highest BCUT2D eigenvalue weighted by Crippen LogP contribution is 2.67. The number of hydrogen-bond donors (Lipinski definition) is 3. The highest BCUT2D eigenvalue weighted by atomic mass is 32.1. The minimum absolute atomic E-state index is 0.0370. The van der Waals surface area contributed by atoms with Crippen molar-refractivity contribution in [1.29, 1.82) is 0 Å². The Labute approximate surface area is 420 Å². The summed E-state index contributed by atoms with van der Waals surface area (Å²) in [6.45, 7) is 15.1. The number of nitrogens with zero attached hydrogens (tertiary/aromatic N) is 1. The summed E-state index contributed by atoms with van der Waals surface area (Å²) in [5, 5.41) is 34.2. The highest BCUT2D eigenvalue weighted by Gasteiger charge is 2.55. The number of ketones is 3. The Morgan fingerprint density at radius 1 is 0.857 bits per heavy atom. The third kappa shape index (κ3) is 16.0. The van der Waals surface area contributed by atoms with E-state index in [1.54, 1.807) is 34.1 Å². The Balaban J connectivity index is 1.69. The number of fused-ring (bicyclic) bond motifs is 2. The van der Waals surface area contributed by atoms with Crippen LogP contribution in [-0.4, -0.2) is 139 Å². The van der Waals surface area contributed by atoms with Crippen molar-refractivity contribution >= 4 is 45.6 Å². The minimum atomic E-state index is -2.99. The summed E-state index contributed by atoms with van der Waals surface area (Å²) in [6, 6.07) is -1.18. The summed E-state index contributed by atoms with van der Waals surface area (Å²) in [4.78, 5) is 71.6. The van der Waals surface area contributed by atoms with Crippen LogP contribution in [0.3, 0.4) is 0 Å². The Morgan fingerprint density at radius 2 is 1.56 bits per heavy atom. The lowest BCUT2D eigenvalue weighted by Gasteiger charge is -2.50. The number of piperidine rings is 1. The third-order valence-electron chi connectivity index (χ3n) is 15.3. The number of amides is 1. The molecule has 2 bridgehead atoms. The molecule has 0 spiro atoms. The maximum Gasteiger partial charge on any atom is 0.329 e. The lowest BCUT2D eigenvalue weighted by molar-refractivity contribution is -0.208. The average molecular weight is 1020 g/mol. The molecular weight excluding hydrogens is 937 g/mol. The molecule has 2 saturated heterocycles. The van der Waals surface area contributed by atoms with Crippen LogP contribution in [0, 0.1) is 41.4 Å². The van der Waals surface area contributed by atoms with Gasteiger partial charge in [0.05, 0.1) is 27.7 Å². The molecule has 4 aliphatic rings. The lowest BCUT2D eigenvalue weighted by Crippen LogP contribution is -2.64. The Kier molecular flexibility index (Phi) is 23.7. The summed E-state index contributed by atoms with van der Waals surface area (Å²) >= 11 is 0. The molecule has 3 fully saturated rings. The predicted molar refractivity (Wildman–Crippen MR) is 273 cm³/mol. The van der Waals surface area contributed by atoms with E-state index in [0.29, 0.717) is 70.0 Å². The lowest BCUT2D eigenvalue weighted by atomic mass is 9.68. The number of Topliss-reactive ketones (excluding diaryl/α,β-unsaturated/α-hetero) is 3. The van der Waals surface area contributed by atoms with Gasteiger partial charge in [-0.25, -0.2) is 9.32 Å². The number of ether oxygens (including phenoxy) is 4. The molecule has 1 saturated carbocycles. The van der Waals surface area contributed by atoms with Gasteiger partial charge in [0.1, 0.15) is 42.9 Å². The fraction of sp³-hybridized carbons (Fsp3) is 0.755. The van der Waals surface area contributed by atoms with E-state index in [4.69, 9.17) is 28.0 Å². The van der Waals surface area contributed by atoms with Crippen molar-refractivity contribution in [2.45, 2.75) is 174 Å². The van der Waals surface area contributed by atoms with E-state index in [-0.39, 0.29) is 61.1 Å².